The first kappa shape index (κ1) is 19.9. The summed E-state index contributed by atoms with van der Waals surface area (Å²) in [4.78, 5) is 26.2. The van der Waals surface area contributed by atoms with Crippen LogP contribution >= 0.6 is 11.6 Å². The number of carbonyl (C=O) groups is 2. The Bertz CT molecular complexity index is 801. The Morgan fingerprint density at radius 3 is 2.23 bits per heavy atom. The summed E-state index contributed by atoms with van der Waals surface area (Å²) in [6.07, 6.45) is 1.50. The van der Waals surface area contributed by atoms with Gasteiger partial charge in [-0.2, -0.15) is 0 Å². The normalized spacial score (nSPS) is 10.5. The lowest BCUT2D eigenvalue weighted by molar-refractivity contribution is -0.120. The molecule has 0 aliphatic carbocycles. The molecule has 0 atom stereocenters. The van der Waals surface area contributed by atoms with Crippen LogP contribution in [0.3, 0.4) is 0 Å². The lowest BCUT2D eigenvalue weighted by atomic mass is 10.0. The Balaban J connectivity index is 2.27. The highest BCUT2D eigenvalue weighted by atomic mass is 35.5. The average Bonchev–Trinajstić information content (AvgIpc) is 2.62. The van der Waals surface area contributed by atoms with Gasteiger partial charge in [0, 0.05) is 12.6 Å². The largest absolute Gasteiger partial charge is 0.324 e. The first-order valence-electron chi connectivity index (χ1n) is 8.51. The van der Waals surface area contributed by atoms with Gasteiger partial charge in [0.2, 0.25) is 11.8 Å². The lowest BCUT2D eigenvalue weighted by Gasteiger charge is -2.26. The topological polar surface area (TPSA) is 49.4 Å². The van der Waals surface area contributed by atoms with Gasteiger partial charge >= 0.3 is 0 Å². The van der Waals surface area contributed by atoms with Crippen LogP contribution in [-0.2, 0) is 22.4 Å². The van der Waals surface area contributed by atoms with Crippen molar-refractivity contribution in [3.05, 3.63) is 58.4 Å². The molecular weight excluding hydrogens is 355 g/mol. The fourth-order valence-electron chi connectivity index (χ4n) is 2.83. The maximum atomic E-state index is 13.2. The maximum absolute atomic E-state index is 13.2. The molecular formula is C20H22ClFN2O2. The molecule has 138 valence electrons. The second-order valence-electron chi connectivity index (χ2n) is 5.91. The second-order valence-corrected chi connectivity index (χ2v) is 6.32. The molecule has 0 fully saturated rings. The number of amides is 2. The first-order chi connectivity index (χ1) is 12.4. The smallest absolute Gasteiger partial charge is 0.244 e. The molecule has 2 amide bonds. The number of hydrogen-bond donors (Lipinski definition) is 1. The molecule has 0 aromatic heterocycles. The van der Waals surface area contributed by atoms with Gasteiger partial charge in [0.05, 0.1) is 10.7 Å². The molecule has 1 N–H and O–H groups in total. The lowest BCUT2D eigenvalue weighted by Crippen LogP contribution is -2.38. The van der Waals surface area contributed by atoms with Gasteiger partial charge in [-0.25, -0.2) is 4.39 Å². The van der Waals surface area contributed by atoms with E-state index in [4.69, 9.17) is 11.6 Å². The van der Waals surface area contributed by atoms with E-state index in [1.54, 1.807) is 0 Å². The molecule has 0 radical (unpaired) electrons. The van der Waals surface area contributed by atoms with Crippen molar-refractivity contribution in [1.29, 1.82) is 0 Å². The number of benzene rings is 2. The van der Waals surface area contributed by atoms with Crippen molar-refractivity contribution in [3.63, 3.8) is 0 Å². The predicted molar refractivity (Wildman–Crippen MR) is 103 cm³/mol. The molecule has 0 aliphatic rings. The minimum absolute atomic E-state index is 0.0733. The van der Waals surface area contributed by atoms with Crippen LogP contribution in [0.4, 0.5) is 15.8 Å². The van der Waals surface area contributed by atoms with Crippen LogP contribution in [0, 0.1) is 5.82 Å². The molecule has 26 heavy (non-hydrogen) atoms. The summed E-state index contributed by atoms with van der Waals surface area (Å²) in [7, 11) is 0. The Kier molecular flexibility index (Phi) is 6.75. The Hall–Kier alpha value is -2.40. The molecule has 2 rings (SSSR count). The SMILES string of the molecule is CCc1cccc(CC)c1N(CC(=O)Nc1ccc(F)c(Cl)c1)C(C)=O. The first-order valence-corrected chi connectivity index (χ1v) is 8.88. The molecule has 0 unspecified atom stereocenters. The number of hydrogen-bond acceptors (Lipinski definition) is 2. The van der Waals surface area contributed by atoms with Crippen LogP contribution in [0.1, 0.15) is 31.9 Å². The minimum atomic E-state index is -0.556. The van der Waals surface area contributed by atoms with Crippen LogP contribution in [-0.4, -0.2) is 18.4 Å². The third-order valence-electron chi connectivity index (χ3n) is 4.12. The molecule has 4 nitrogen and oxygen atoms in total. The number of aryl methyl sites for hydroxylation is 2. The van der Waals surface area contributed by atoms with Gasteiger partial charge in [-0.3, -0.25) is 9.59 Å². The fraction of sp³-hybridized carbons (Fsp3) is 0.300. The maximum Gasteiger partial charge on any atom is 0.244 e. The van der Waals surface area contributed by atoms with Crippen molar-refractivity contribution in [2.45, 2.75) is 33.6 Å². The molecule has 0 heterocycles. The van der Waals surface area contributed by atoms with E-state index in [9.17, 15) is 14.0 Å². The molecule has 0 spiro atoms. The van der Waals surface area contributed by atoms with Crippen molar-refractivity contribution < 1.29 is 14.0 Å². The van der Waals surface area contributed by atoms with Crippen molar-refractivity contribution in [1.82, 2.24) is 0 Å². The highest BCUT2D eigenvalue weighted by Crippen LogP contribution is 2.27. The van der Waals surface area contributed by atoms with E-state index >= 15 is 0 Å². The minimum Gasteiger partial charge on any atom is -0.324 e. The van der Waals surface area contributed by atoms with Gasteiger partial charge < -0.3 is 10.2 Å². The number of carbonyl (C=O) groups excluding carboxylic acids is 2. The molecule has 0 bridgehead atoms. The predicted octanol–water partition coefficient (Wildman–Crippen LogP) is 4.60. The zero-order chi connectivity index (χ0) is 19.3. The summed E-state index contributed by atoms with van der Waals surface area (Å²) in [5.74, 6) is -1.15. The molecule has 6 heteroatoms. The van der Waals surface area contributed by atoms with E-state index in [1.165, 1.54) is 30.0 Å². The summed E-state index contributed by atoms with van der Waals surface area (Å²) in [5.41, 5.74) is 3.19. The van der Waals surface area contributed by atoms with E-state index in [2.05, 4.69) is 5.32 Å². The second kappa shape index (κ2) is 8.81. The van der Waals surface area contributed by atoms with Crippen molar-refractivity contribution in [2.75, 3.05) is 16.8 Å². The quantitative estimate of drug-likeness (QED) is 0.801. The van der Waals surface area contributed by atoms with E-state index < -0.39 is 5.82 Å². The van der Waals surface area contributed by atoms with Gasteiger partial charge in [0.1, 0.15) is 12.4 Å². The third-order valence-corrected chi connectivity index (χ3v) is 4.41. The van der Waals surface area contributed by atoms with Gasteiger partial charge in [-0.15, -0.1) is 0 Å². The van der Waals surface area contributed by atoms with Crippen LogP contribution in [0.5, 0.6) is 0 Å². The number of anilines is 2. The highest BCUT2D eigenvalue weighted by molar-refractivity contribution is 6.31. The van der Waals surface area contributed by atoms with Crippen LogP contribution in [0.2, 0.25) is 5.02 Å². The van der Waals surface area contributed by atoms with Crippen LogP contribution in [0.15, 0.2) is 36.4 Å². The molecule has 0 aliphatic heterocycles. The zero-order valence-electron chi connectivity index (χ0n) is 15.1. The van der Waals surface area contributed by atoms with E-state index in [0.29, 0.717) is 5.69 Å². The van der Waals surface area contributed by atoms with Crippen LogP contribution < -0.4 is 10.2 Å². The van der Waals surface area contributed by atoms with Crippen LogP contribution in [0.25, 0.3) is 0 Å². The Morgan fingerprint density at radius 2 is 1.73 bits per heavy atom. The number of nitrogens with one attached hydrogen (secondary N) is 1. The van der Waals surface area contributed by atoms with Gasteiger partial charge in [0.15, 0.2) is 0 Å². The van der Waals surface area contributed by atoms with Crippen molar-refractivity contribution >= 4 is 34.8 Å². The Labute approximate surface area is 158 Å². The van der Waals surface area contributed by atoms with Gasteiger partial charge in [0.25, 0.3) is 0 Å². The molecule has 2 aromatic carbocycles. The molecule has 0 saturated heterocycles. The zero-order valence-corrected chi connectivity index (χ0v) is 15.9. The molecule has 2 aromatic rings. The summed E-state index contributed by atoms with van der Waals surface area (Å²) < 4.78 is 13.2. The van der Waals surface area contributed by atoms with Crippen molar-refractivity contribution in [2.24, 2.45) is 0 Å². The monoisotopic (exact) mass is 376 g/mol. The van der Waals surface area contributed by atoms with Gasteiger partial charge in [-0.1, -0.05) is 43.6 Å². The fourth-order valence-corrected chi connectivity index (χ4v) is 3.01. The number of para-hydroxylation sites is 1. The Morgan fingerprint density at radius 1 is 1.12 bits per heavy atom. The summed E-state index contributed by atoms with van der Waals surface area (Å²) in [6, 6.07) is 9.82. The van der Waals surface area contributed by atoms with E-state index in [1.807, 2.05) is 32.0 Å². The van der Waals surface area contributed by atoms with Gasteiger partial charge in [-0.05, 0) is 42.2 Å². The molecule has 0 saturated carbocycles. The number of nitrogens with zero attached hydrogens (tertiary/aromatic N) is 1. The van der Waals surface area contributed by atoms with Crippen molar-refractivity contribution in [3.8, 4) is 0 Å². The summed E-state index contributed by atoms with van der Waals surface area (Å²) in [6.45, 7) is 5.33. The average molecular weight is 377 g/mol. The number of rotatable bonds is 6. The van der Waals surface area contributed by atoms with E-state index in [-0.39, 0.29) is 23.4 Å². The summed E-state index contributed by atoms with van der Waals surface area (Å²) >= 11 is 5.74. The highest BCUT2D eigenvalue weighted by Gasteiger charge is 2.21. The summed E-state index contributed by atoms with van der Waals surface area (Å²) in [5, 5.41) is 2.58. The third kappa shape index (κ3) is 4.61. The standard InChI is InChI=1S/C20H22ClFN2O2/c1-4-14-7-6-8-15(5-2)20(14)24(13(3)25)12-19(26)23-16-9-10-18(22)17(21)11-16/h6-11H,4-5,12H2,1-3H3,(H,23,26). The van der Waals surface area contributed by atoms with E-state index in [0.717, 1.165) is 29.7 Å². The number of halogens is 2.